The molecule has 0 unspecified atom stereocenters. The molecule has 0 bridgehead atoms. The predicted octanol–water partition coefficient (Wildman–Crippen LogP) is 2.03. The Kier molecular flexibility index (Phi) is 4.73. The van der Waals surface area contributed by atoms with Gasteiger partial charge in [-0.1, -0.05) is 30.1 Å². The molecule has 8 nitrogen and oxygen atoms in total. The second-order valence-electron chi connectivity index (χ2n) is 3.98. The van der Waals surface area contributed by atoms with Crippen molar-refractivity contribution in [1.82, 2.24) is 4.90 Å². The van der Waals surface area contributed by atoms with Crippen molar-refractivity contribution < 1.29 is 24.0 Å². The highest BCUT2D eigenvalue weighted by atomic mass is 32.2. The molecule has 1 aromatic heterocycles. The van der Waals surface area contributed by atoms with E-state index in [1.165, 1.54) is 30.4 Å². The highest BCUT2D eigenvalue weighted by Crippen LogP contribution is 2.30. The van der Waals surface area contributed by atoms with Crippen LogP contribution in [-0.2, 0) is 9.59 Å². The van der Waals surface area contributed by atoms with Crippen LogP contribution in [0.25, 0.3) is 6.08 Å². The van der Waals surface area contributed by atoms with Gasteiger partial charge in [0.05, 0.1) is 11.0 Å². The molecule has 0 aliphatic carbocycles. The highest BCUT2D eigenvalue weighted by Gasteiger charge is 2.32. The van der Waals surface area contributed by atoms with Crippen LogP contribution in [-0.4, -0.2) is 37.7 Å². The lowest BCUT2D eigenvalue weighted by Gasteiger charge is -2.09. The normalized spacial score (nSPS) is 16.9. The van der Waals surface area contributed by atoms with Crippen molar-refractivity contribution in [3.63, 3.8) is 0 Å². The Labute approximate surface area is 133 Å². The first kappa shape index (κ1) is 15.9. The van der Waals surface area contributed by atoms with Gasteiger partial charge in [0.25, 0.3) is 5.91 Å². The monoisotopic (exact) mass is 340 g/mol. The third kappa shape index (κ3) is 3.59. The number of nitrogens with zero attached hydrogens (tertiary/aromatic N) is 2. The van der Waals surface area contributed by atoms with Gasteiger partial charge < -0.3 is 9.52 Å². The van der Waals surface area contributed by atoms with Crippen LogP contribution in [0.5, 0.6) is 0 Å². The first-order chi connectivity index (χ1) is 10.4. The quantitative estimate of drug-likeness (QED) is 0.375. The summed E-state index contributed by atoms with van der Waals surface area (Å²) in [6.07, 6.45) is 4.35. The van der Waals surface area contributed by atoms with Gasteiger partial charge in [0, 0.05) is 0 Å². The van der Waals surface area contributed by atoms with E-state index in [1.807, 2.05) is 0 Å². The number of amides is 1. The number of carboxylic acid groups (broad SMARTS) is 1. The van der Waals surface area contributed by atoms with E-state index in [1.54, 1.807) is 0 Å². The summed E-state index contributed by atoms with van der Waals surface area (Å²) in [5.74, 6) is -1.78. The molecular formula is C12H8N2O6S2. The number of nitro groups is 1. The molecule has 0 aromatic carbocycles. The Balaban J connectivity index is 2.08. The van der Waals surface area contributed by atoms with E-state index in [2.05, 4.69) is 0 Å². The minimum absolute atomic E-state index is 0.167. The summed E-state index contributed by atoms with van der Waals surface area (Å²) in [5.41, 5.74) is 0. The van der Waals surface area contributed by atoms with Crippen LogP contribution in [0.3, 0.4) is 0 Å². The van der Waals surface area contributed by atoms with E-state index >= 15 is 0 Å². The predicted molar refractivity (Wildman–Crippen MR) is 82.0 cm³/mol. The molecule has 2 heterocycles. The number of hydrogen-bond donors (Lipinski definition) is 1. The van der Waals surface area contributed by atoms with Crippen LogP contribution in [0.4, 0.5) is 5.88 Å². The first-order valence-corrected chi connectivity index (χ1v) is 6.99. The molecule has 114 valence electrons. The molecular weight excluding hydrogens is 332 g/mol. The molecule has 0 saturated carbocycles. The largest absolute Gasteiger partial charge is 0.480 e. The maximum atomic E-state index is 11.9. The Morgan fingerprint density at radius 2 is 2.27 bits per heavy atom. The SMILES string of the molecule is O=C(O)CN1C(=O)/C(=C/C=C/c2ccc([N+](=O)[O-])o2)SC1=S. The molecule has 1 aliphatic heterocycles. The number of allylic oxidation sites excluding steroid dienone is 2. The Bertz CT molecular complexity index is 721. The summed E-state index contributed by atoms with van der Waals surface area (Å²) < 4.78 is 5.08. The Morgan fingerprint density at radius 1 is 1.55 bits per heavy atom. The summed E-state index contributed by atoms with van der Waals surface area (Å²) in [6.45, 7) is -0.490. The maximum Gasteiger partial charge on any atom is 0.433 e. The number of carbonyl (C=O) groups is 2. The van der Waals surface area contributed by atoms with Gasteiger partial charge in [0.2, 0.25) is 0 Å². The van der Waals surface area contributed by atoms with Gasteiger partial charge in [0.1, 0.15) is 21.5 Å². The summed E-state index contributed by atoms with van der Waals surface area (Å²) in [4.78, 5) is 33.6. The van der Waals surface area contributed by atoms with Crippen LogP contribution in [0.2, 0.25) is 0 Å². The van der Waals surface area contributed by atoms with Crippen molar-refractivity contribution >= 4 is 52.1 Å². The number of rotatable bonds is 5. The van der Waals surface area contributed by atoms with Gasteiger partial charge in [-0.05, 0) is 18.2 Å². The molecule has 10 heteroatoms. The molecule has 1 N–H and O–H groups in total. The summed E-state index contributed by atoms with van der Waals surface area (Å²) >= 11 is 5.92. The second kappa shape index (κ2) is 6.54. The molecule has 1 aliphatic rings. The van der Waals surface area contributed by atoms with Crippen molar-refractivity contribution in [2.45, 2.75) is 0 Å². The van der Waals surface area contributed by atoms with E-state index in [4.69, 9.17) is 21.7 Å². The van der Waals surface area contributed by atoms with E-state index in [-0.39, 0.29) is 20.9 Å². The molecule has 1 aromatic rings. The van der Waals surface area contributed by atoms with Crippen LogP contribution in [0, 0.1) is 10.1 Å². The number of aliphatic carboxylic acids is 1. The third-order valence-corrected chi connectivity index (χ3v) is 3.86. The highest BCUT2D eigenvalue weighted by molar-refractivity contribution is 8.26. The van der Waals surface area contributed by atoms with E-state index in [0.717, 1.165) is 16.7 Å². The van der Waals surface area contributed by atoms with Gasteiger partial charge in [-0.25, -0.2) is 0 Å². The van der Waals surface area contributed by atoms with Crippen LogP contribution >= 0.6 is 24.0 Å². The number of carbonyl (C=O) groups excluding carboxylic acids is 1. The van der Waals surface area contributed by atoms with Crippen molar-refractivity contribution in [2.75, 3.05) is 6.54 Å². The third-order valence-electron chi connectivity index (χ3n) is 2.47. The lowest BCUT2D eigenvalue weighted by atomic mass is 10.3. The average Bonchev–Trinajstić information content (AvgIpc) is 3.00. The molecule has 1 amide bonds. The standard InChI is InChI=1S/C12H8N2O6S2/c15-10(16)6-13-11(17)8(22-12(13)21)3-1-2-7-4-5-9(20-7)14(18)19/h1-5H,6H2,(H,15,16)/b2-1+,8-3-. The molecule has 2 rings (SSSR count). The number of thiocarbonyl (C=S) groups is 1. The average molecular weight is 340 g/mol. The zero-order chi connectivity index (χ0) is 16.3. The first-order valence-electron chi connectivity index (χ1n) is 5.76. The topological polar surface area (TPSA) is 114 Å². The zero-order valence-electron chi connectivity index (χ0n) is 10.8. The Morgan fingerprint density at radius 3 is 2.86 bits per heavy atom. The number of carboxylic acids is 1. The lowest BCUT2D eigenvalue weighted by Crippen LogP contribution is -2.33. The number of hydrogen-bond acceptors (Lipinski definition) is 7. The fraction of sp³-hybridized carbons (Fsp3) is 0.0833. The smallest absolute Gasteiger partial charge is 0.433 e. The maximum absolute atomic E-state index is 11.9. The minimum Gasteiger partial charge on any atom is -0.480 e. The number of furan rings is 1. The van der Waals surface area contributed by atoms with E-state index < -0.39 is 23.3 Å². The van der Waals surface area contributed by atoms with E-state index in [9.17, 15) is 19.7 Å². The zero-order valence-corrected chi connectivity index (χ0v) is 12.4. The summed E-state index contributed by atoms with van der Waals surface area (Å²) in [6, 6.07) is 2.63. The van der Waals surface area contributed by atoms with Crippen LogP contribution in [0.15, 0.2) is 33.6 Å². The molecule has 22 heavy (non-hydrogen) atoms. The van der Waals surface area contributed by atoms with Gasteiger partial charge in [-0.15, -0.1) is 0 Å². The van der Waals surface area contributed by atoms with Gasteiger partial charge >= 0.3 is 11.9 Å². The van der Waals surface area contributed by atoms with Crippen molar-refractivity contribution in [3.8, 4) is 0 Å². The minimum atomic E-state index is -1.16. The van der Waals surface area contributed by atoms with E-state index in [0.29, 0.717) is 0 Å². The fourth-order valence-electron chi connectivity index (χ4n) is 1.55. The van der Waals surface area contributed by atoms with Crippen LogP contribution in [0.1, 0.15) is 5.76 Å². The molecule has 0 radical (unpaired) electrons. The fourth-order valence-corrected chi connectivity index (χ4v) is 2.75. The number of thioether (sulfide) groups is 1. The lowest BCUT2D eigenvalue weighted by molar-refractivity contribution is -0.402. The van der Waals surface area contributed by atoms with Crippen molar-refractivity contribution in [1.29, 1.82) is 0 Å². The second-order valence-corrected chi connectivity index (χ2v) is 5.65. The van der Waals surface area contributed by atoms with Crippen molar-refractivity contribution in [2.24, 2.45) is 0 Å². The summed E-state index contributed by atoms with van der Waals surface area (Å²) in [5, 5.41) is 19.2. The molecule has 1 fully saturated rings. The van der Waals surface area contributed by atoms with Gasteiger partial charge in [-0.3, -0.25) is 24.6 Å². The molecule has 1 saturated heterocycles. The summed E-state index contributed by atoms with van der Waals surface area (Å²) in [7, 11) is 0. The molecule has 0 atom stereocenters. The van der Waals surface area contributed by atoms with Gasteiger partial charge in [0.15, 0.2) is 0 Å². The molecule has 0 spiro atoms. The van der Waals surface area contributed by atoms with Crippen molar-refractivity contribution in [3.05, 3.63) is 45.1 Å². The Hall–Kier alpha value is -2.46. The van der Waals surface area contributed by atoms with Gasteiger partial charge in [-0.2, -0.15) is 0 Å². The van der Waals surface area contributed by atoms with Crippen LogP contribution < -0.4 is 0 Å².